The maximum Gasteiger partial charge on any atom is 0.237 e. The van der Waals surface area contributed by atoms with Crippen molar-refractivity contribution in [1.82, 2.24) is 10.6 Å². The number of amides is 1. The summed E-state index contributed by atoms with van der Waals surface area (Å²) >= 11 is 0. The number of hydrogen-bond donors (Lipinski definition) is 2. The van der Waals surface area contributed by atoms with Crippen LogP contribution in [0.2, 0.25) is 0 Å². The number of nitrogens with zero attached hydrogens (tertiary/aromatic N) is 1. The molecule has 0 fully saturated rings. The average molecular weight is 468 g/mol. The minimum atomic E-state index is -0.148. The summed E-state index contributed by atoms with van der Waals surface area (Å²) < 4.78 is 5.94. The number of carbonyl (C=O) groups is 1. The maximum absolute atomic E-state index is 12.8. The van der Waals surface area contributed by atoms with Gasteiger partial charge in [0.25, 0.3) is 0 Å². The van der Waals surface area contributed by atoms with Crippen LogP contribution < -0.4 is 20.3 Å². The van der Waals surface area contributed by atoms with Gasteiger partial charge in [-0.3, -0.25) is 4.79 Å². The van der Waals surface area contributed by atoms with Crippen molar-refractivity contribution in [3.63, 3.8) is 0 Å². The summed E-state index contributed by atoms with van der Waals surface area (Å²) in [5, 5.41) is 6.57. The van der Waals surface area contributed by atoms with Crippen molar-refractivity contribution in [2.24, 2.45) is 11.8 Å². The van der Waals surface area contributed by atoms with E-state index >= 15 is 0 Å². The monoisotopic (exact) mass is 467 g/mol. The molecule has 5 heteroatoms. The Kier molecular flexibility index (Phi) is 12.0. The van der Waals surface area contributed by atoms with E-state index in [0.29, 0.717) is 25.0 Å². The van der Waals surface area contributed by atoms with Gasteiger partial charge in [0, 0.05) is 31.4 Å². The van der Waals surface area contributed by atoms with Gasteiger partial charge in [0.2, 0.25) is 5.91 Å². The molecular weight excluding hydrogens is 422 g/mol. The first-order chi connectivity index (χ1) is 16.2. The van der Waals surface area contributed by atoms with Crippen LogP contribution in [0, 0.1) is 11.8 Å². The summed E-state index contributed by atoms with van der Waals surface area (Å²) in [5.74, 6) is 2.04. The molecule has 5 nitrogen and oxygen atoms in total. The van der Waals surface area contributed by atoms with E-state index in [0.717, 1.165) is 42.9 Å². The zero-order valence-electron chi connectivity index (χ0n) is 22.0. The van der Waals surface area contributed by atoms with Gasteiger partial charge in [0.15, 0.2) is 0 Å². The largest absolute Gasteiger partial charge is 0.489 e. The molecule has 1 atom stereocenters. The summed E-state index contributed by atoms with van der Waals surface area (Å²) in [6.07, 6.45) is 1.94. The quantitative estimate of drug-likeness (QED) is 0.356. The molecule has 0 aliphatic carbocycles. The molecule has 1 unspecified atom stereocenters. The van der Waals surface area contributed by atoms with E-state index in [4.69, 9.17) is 4.74 Å². The highest BCUT2D eigenvalue weighted by molar-refractivity contribution is 5.81. The zero-order valence-corrected chi connectivity index (χ0v) is 22.0. The van der Waals surface area contributed by atoms with E-state index in [1.54, 1.807) is 0 Å². The van der Waals surface area contributed by atoms with Crippen LogP contribution in [0.1, 0.15) is 59.9 Å². The van der Waals surface area contributed by atoms with E-state index < -0.39 is 0 Å². The summed E-state index contributed by atoms with van der Waals surface area (Å²) in [5.41, 5.74) is 2.31. The summed E-state index contributed by atoms with van der Waals surface area (Å²) in [4.78, 5) is 15.2. The second-order valence-electron chi connectivity index (χ2n) is 10.2. The molecule has 0 heterocycles. The summed E-state index contributed by atoms with van der Waals surface area (Å²) in [6.45, 7) is 15.9. The first-order valence-electron chi connectivity index (χ1n) is 12.8. The van der Waals surface area contributed by atoms with Crippen molar-refractivity contribution in [2.75, 3.05) is 24.5 Å². The number of benzene rings is 2. The highest BCUT2D eigenvalue weighted by atomic mass is 16.5. The molecule has 0 spiro atoms. The standard InChI is InChI=1S/C29H45N3O2/c1-22(2)16-18-32(19-17-30-29(33)28(20-23(3)4)31-24(5)6)26-12-14-27(15-13-26)34-21-25-10-8-7-9-11-25/h7-15,22-24,28,31H,16-21H2,1-6H3,(H,30,33). The highest BCUT2D eigenvalue weighted by Gasteiger charge is 2.20. The van der Waals surface area contributed by atoms with Crippen LogP contribution in [0.5, 0.6) is 5.75 Å². The van der Waals surface area contributed by atoms with E-state index in [9.17, 15) is 4.79 Å². The first-order valence-corrected chi connectivity index (χ1v) is 12.8. The van der Waals surface area contributed by atoms with Gasteiger partial charge in [-0.15, -0.1) is 0 Å². The van der Waals surface area contributed by atoms with E-state index in [1.807, 2.05) is 30.3 Å². The number of ether oxygens (including phenoxy) is 1. The van der Waals surface area contributed by atoms with Gasteiger partial charge in [0.05, 0.1) is 6.04 Å². The molecule has 1 amide bonds. The molecule has 2 aromatic carbocycles. The minimum absolute atomic E-state index is 0.0934. The fraction of sp³-hybridized carbons (Fsp3) is 0.552. The van der Waals surface area contributed by atoms with Gasteiger partial charge in [-0.2, -0.15) is 0 Å². The van der Waals surface area contributed by atoms with Gasteiger partial charge in [-0.25, -0.2) is 0 Å². The lowest BCUT2D eigenvalue weighted by molar-refractivity contribution is -0.123. The van der Waals surface area contributed by atoms with Gasteiger partial charge in [-0.05, 0) is 54.5 Å². The van der Waals surface area contributed by atoms with Crippen LogP contribution in [-0.4, -0.2) is 37.6 Å². The smallest absolute Gasteiger partial charge is 0.237 e. The SMILES string of the molecule is CC(C)CCN(CCNC(=O)C(CC(C)C)NC(C)C)c1ccc(OCc2ccccc2)cc1. The van der Waals surface area contributed by atoms with E-state index in [1.165, 1.54) is 0 Å². The van der Waals surface area contributed by atoms with Crippen molar-refractivity contribution in [3.05, 3.63) is 60.2 Å². The molecule has 2 N–H and O–H groups in total. The third kappa shape index (κ3) is 10.6. The van der Waals surface area contributed by atoms with Gasteiger partial charge >= 0.3 is 0 Å². The van der Waals surface area contributed by atoms with Crippen molar-refractivity contribution in [1.29, 1.82) is 0 Å². The van der Waals surface area contributed by atoms with Crippen molar-refractivity contribution in [2.45, 2.75) is 73.1 Å². The third-order valence-corrected chi connectivity index (χ3v) is 5.67. The topological polar surface area (TPSA) is 53.6 Å². The van der Waals surface area contributed by atoms with Crippen LogP contribution in [0.25, 0.3) is 0 Å². The van der Waals surface area contributed by atoms with Crippen molar-refractivity contribution < 1.29 is 9.53 Å². The number of hydrogen-bond acceptors (Lipinski definition) is 4. The maximum atomic E-state index is 12.8. The molecule has 0 aliphatic rings. The fourth-order valence-corrected chi connectivity index (χ4v) is 3.84. The molecule has 0 radical (unpaired) electrons. The molecular formula is C29H45N3O2. The lowest BCUT2D eigenvalue weighted by Crippen LogP contribution is -2.49. The molecule has 2 rings (SSSR count). The molecule has 0 saturated carbocycles. The van der Waals surface area contributed by atoms with E-state index in [-0.39, 0.29) is 18.0 Å². The second-order valence-corrected chi connectivity index (χ2v) is 10.2. The highest BCUT2D eigenvalue weighted by Crippen LogP contribution is 2.21. The average Bonchev–Trinajstić information content (AvgIpc) is 2.79. The second kappa shape index (κ2) is 14.7. The van der Waals surface area contributed by atoms with Gasteiger partial charge in [-0.1, -0.05) is 71.9 Å². The van der Waals surface area contributed by atoms with Crippen molar-refractivity contribution in [3.8, 4) is 5.75 Å². The lowest BCUT2D eigenvalue weighted by atomic mass is 10.0. The Hall–Kier alpha value is -2.53. The predicted molar refractivity (Wildman–Crippen MR) is 143 cm³/mol. The number of carbonyl (C=O) groups excluding carboxylic acids is 1. The van der Waals surface area contributed by atoms with Crippen LogP contribution >= 0.6 is 0 Å². The van der Waals surface area contributed by atoms with Gasteiger partial charge in [0.1, 0.15) is 12.4 Å². The molecule has 2 aromatic rings. The van der Waals surface area contributed by atoms with Gasteiger partial charge < -0.3 is 20.3 Å². The van der Waals surface area contributed by atoms with Crippen LogP contribution in [0.15, 0.2) is 54.6 Å². The Morgan fingerprint density at radius 3 is 2.15 bits per heavy atom. The van der Waals surface area contributed by atoms with Crippen LogP contribution in [-0.2, 0) is 11.4 Å². The number of anilines is 1. The third-order valence-electron chi connectivity index (χ3n) is 5.67. The molecule has 0 aliphatic heterocycles. The summed E-state index contributed by atoms with van der Waals surface area (Å²) in [7, 11) is 0. The van der Waals surface area contributed by atoms with Crippen LogP contribution in [0.3, 0.4) is 0 Å². The molecule has 0 aromatic heterocycles. The zero-order chi connectivity index (χ0) is 24.9. The Labute approximate surface area is 207 Å². The Morgan fingerprint density at radius 1 is 0.882 bits per heavy atom. The number of rotatable bonds is 15. The molecule has 0 saturated heterocycles. The predicted octanol–water partition coefficient (Wildman–Crippen LogP) is 5.65. The Balaban J connectivity index is 1.95. The van der Waals surface area contributed by atoms with Crippen molar-refractivity contribution >= 4 is 11.6 Å². The lowest BCUT2D eigenvalue weighted by Gasteiger charge is -2.27. The summed E-state index contributed by atoms with van der Waals surface area (Å²) in [6, 6.07) is 18.6. The number of nitrogens with one attached hydrogen (secondary N) is 2. The Morgan fingerprint density at radius 2 is 1.56 bits per heavy atom. The molecule has 34 heavy (non-hydrogen) atoms. The fourth-order valence-electron chi connectivity index (χ4n) is 3.84. The normalized spacial score (nSPS) is 12.3. The first kappa shape index (κ1) is 27.7. The van der Waals surface area contributed by atoms with Crippen LogP contribution in [0.4, 0.5) is 5.69 Å². The molecule has 188 valence electrons. The van der Waals surface area contributed by atoms with E-state index in [2.05, 4.69) is 81.3 Å². The molecule has 0 bridgehead atoms. The Bertz CT molecular complexity index is 809. The minimum Gasteiger partial charge on any atom is -0.489 e.